The van der Waals surface area contributed by atoms with Crippen molar-refractivity contribution in [3.8, 4) is 0 Å². The van der Waals surface area contributed by atoms with Crippen molar-refractivity contribution >= 4 is 5.97 Å². The second-order valence-corrected chi connectivity index (χ2v) is 5.03. The molecule has 0 aliphatic rings. The number of ether oxygens (including phenoxy) is 1. The number of aliphatic hydroxyl groups is 1. The minimum absolute atomic E-state index is 0.135. The normalized spacial score (nSPS) is 13.1. The highest BCUT2D eigenvalue weighted by Crippen LogP contribution is 2.18. The van der Waals surface area contributed by atoms with Gasteiger partial charge in [0.15, 0.2) is 0 Å². The Hall–Kier alpha value is -1.31. The van der Waals surface area contributed by atoms with Crippen LogP contribution in [0.25, 0.3) is 0 Å². The molecule has 3 heteroatoms. The van der Waals surface area contributed by atoms with Crippen LogP contribution in [0.5, 0.6) is 0 Å². The first-order valence-corrected chi connectivity index (χ1v) is 6.80. The van der Waals surface area contributed by atoms with Crippen molar-refractivity contribution < 1.29 is 14.6 Å². The average Bonchev–Trinajstić information content (AvgIpc) is 2.29. The molecule has 0 amide bonds. The lowest BCUT2D eigenvalue weighted by Crippen LogP contribution is -2.22. The molecule has 3 nitrogen and oxygen atoms in total. The molecular formula is C16H26O3. The maximum absolute atomic E-state index is 11.6. The lowest BCUT2D eigenvalue weighted by Gasteiger charge is -2.16. The van der Waals surface area contributed by atoms with Gasteiger partial charge in [-0.15, -0.1) is 5.73 Å². The third-order valence-electron chi connectivity index (χ3n) is 2.86. The van der Waals surface area contributed by atoms with Crippen LogP contribution in [0.15, 0.2) is 29.5 Å². The summed E-state index contributed by atoms with van der Waals surface area (Å²) in [4.78, 5) is 11.6. The Kier molecular flexibility index (Phi) is 8.94. The summed E-state index contributed by atoms with van der Waals surface area (Å²) in [5, 5.41) is 10.0. The zero-order chi connectivity index (χ0) is 14.8. The van der Waals surface area contributed by atoms with Gasteiger partial charge in [0.05, 0.1) is 12.7 Å². The topological polar surface area (TPSA) is 46.5 Å². The summed E-state index contributed by atoms with van der Waals surface area (Å²) in [6.45, 7) is 11.7. The Morgan fingerprint density at radius 2 is 2.11 bits per heavy atom. The van der Waals surface area contributed by atoms with Crippen LogP contribution in [0.3, 0.4) is 0 Å². The molecule has 19 heavy (non-hydrogen) atoms. The third-order valence-corrected chi connectivity index (χ3v) is 2.86. The lowest BCUT2D eigenvalue weighted by molar-refractivity contribution is -0.139. The molecular weight excluding hydrogens is 240 g/mol. The van der Waals surface area contributed by atoms with Gasteiger partial charge in [-0.1, -0.05) is 25.2 Å². The van der Waals surface area contributed by atoms with E-state index in [1.54, 1.807) is 6.92 Å². The molecule has 0 aromatic carbocycles. The van der Waals surface area contributed by atoms with E-state index in [0.29, 0.717) is 12.3 Å². The smallest absolute Gasteiger partial charge is 0.344 e. The fraction of sp³-hybridized carbons (Fsp3) is 0.625. The maximum Gasteiger partial charge on any atom is 0.344 e. The van der Waals surface area contributed by atoms with Gasteiger partial charge in [0.1, 0.15) is 5.57 Å². The van der Waals surface area contributed by atoms with Gasteiger partial charge in [-0.2, -0.15) is 0 Å². The molecule has 2 atom stereocenters. The second kappa shape index (κ2) is 9.60. The number of rotatable bonds is 8. The molecule has 0 aliphatic carbocycles. The van der Waals surface area contributed by atoms with Gasteiger partial charge in [0.25, 0.3) is 0 Å². The lowest BCUT2D eigenvalue weighted by atomic mass is 9.94. The quantitative estimate of drug-likeness (QED) is 0.317. The van der Waals surface area contributed by atoms with E-state index in [9.17, 15) is 9.90 Å². The van der Waals surface area contributed by atoms with Crippen molar-refractivity contribution in [2.45, 2.75) is 53.1 Å². The van der Waals surface area contributed by atoms with Gasteiger partial charge in [-0.25, -0.2) is 4.79 Å². The summed E-state index contributed by atoms with van der Waals surface area (Å²) >= 11 is 0. The minimum atomic E-state index is -0.849. The van der Waals surface area contributed by atoms with Gasteiger partial charge in [-0.3, -0.25) is 0 Å². The molecule has 0 saturated heterocycles. The number of carbonyl (C=O) groups is 1. The largest absolute Gasteiger partial charge is 0.462 e. The van der Waals surface area contributed by atoms with Crippen molar-refractivity contribution in [3.63, 3.8) is 0 Å². The second-order valence-electron chi connectivity index (χ2n) is 5.03. The third kappa shape index (κ3) is 7.66. The van der Waals surface area contributed by atoms with E-state index in [0.717, 1.165) is 12.8 Å². The molecule has 0 rings (SSSR count). The van der Waals surface area contributed by atoms with Crippen LogP contribution in [0.1, 0.15) is 47.0 Å². The first-order chi connectivity index (χ1) is 8.92. The molecule has 0 aliphatic heterocycles. The van der Waals surface area contributed by atoms with E-state index in [4.69, 9.17) is 4.74 Å². The molecule has 0 fully saturated rings. The molecule has 0 aromatic rings. The molecule has 0 aromatic heterocycles. The number of carbonyl (C=O) groups excluding carboxylic acids is 1. The summed E-state index contributed by atoms with van der Waals surface area (Å²) in [6.07, 6.45) is 3.82. The van der Waals surface area contributed by atoms with E-state index in [2.05, 4.69) is 39.2 Å². The van der Waals surface area contributed by atoms with Crippen molar-refractivity contribution in [3.05, 3.63) is 29.5 Å². The van der Waals surface area contributed by atoms with Crippen molar-refractivity contribution in [1.82, 2.24) is 0 Å². The van der Waals surface area contributed by atoms with Crippen LogP contribution in [-0.4, -0.2) is 23.8 Å². The fourth-order valence-electron chi connectivity index (χ4n) is 1.81. The van der Waals surface area contributed by atoms with Crippen molar-refractivity contribution in [2.24, 2.45) is 5.92 Å². The number of hydrogen-bond acceptors (Lipinski definition) is 3. The highest BCUT2D eigenvalue weighted by atomic mass is 16.5. The zero-order valence-electron chi connectivity index (χ0n) is 12.5. The van der Waals surface area contributed by atoms with Crippen molar-refractivity contribution in [2.75, 3.05) is 6.61 Å². The van der Waals surface area contributed by atoms with E-state index in [1.807, 2.05) is 0 Å². The summed E-state index contributed by atoms with van der Waals surface area (Å²) < 4.78 is 4.86. The molecule has 0 radical (unpaired) electrons. The first-order valence-electron chi connectivity index (χ1n) is 6.80. The maximum atomic E-state index is 11.6. The summed E-state index contributed by atoms with van der Waals surface area (Å²) in [5.74, 6) is -0.204. The Morgan fingerprint density at radius 3 is 2.58 bits per heavy atom. The number of hydrogen-bond donors (Lipinski definition) is 1. The molecule has 0 heterocycles. The van der Waals surface area contributed by atoms with Gasteiger partial charge in [-0.05, 0) is 46.0 Å². The predicted octanol–water partition coefficient (Wildman–Crippen LogP) is 3.39. The van der Waals surface area contributed by atoms with Crippen LogP contribution in [0.2, 0.25) is 0 Å². The molecule has 1 N–H and O–H groups in total. The first kappa shape index (κ1) is 17.7. The van der Waals surface area contributed by atoms with Crippen LogP contribution in [-0.2, 0) is 9.53 Å². The summed E-state index contributed by atoms with van der Waals surface area (Å²) in [5.41, 5.74) is 3.93. The molecule has 108 valence electrons. The Labute approximate surface area is 116 Å². The number of esters is 1. The average molecular weight is 266 g/mol. The van der Waals surface area contributed by atoms with E-state index >= 15 is 0 Å². The summed E-state index contributed by atoms with van der Waals surface area (Å²) in [6, 6.07) is 0. The van der Waals surface area contributed by atoms with Crippen LogP contribution < -0.4 is 0 Å². The van der Waals surface area contributed by atoms with Gasteiger partial charge in [0, 0.05) is 0 Å². The van der Waals surface area contributed by atoms with Crippen LogP contribution >= 0.6 is 0 Å². The highest BCUT2D eigenvalue weighted by Gasteiger charge is 2.21. The Bertz CT molecular complexity index is 358. The highest BCUT2D eigenvalue weighted by molar-refractivity contribution is 5.89. The van der Waals surface area contributed by atoms with Crippen LogP contribution in [0, 0.1) is 5.92 Å². The monoisotopic (exact) mass is 266 g/mol. The van der Waals surface area contributed by atoms with E-state index < -0.39 is 12.1 Å². The van der Waals surface area contributed by atoms with Gasteiger partial charge >= 0.3 is 5.97 Å². The Morgan fingerprint density at radius 1 is 1.47 bits per heavy atom. The zero-order valence-corrected chi connectivity index (χ0v) is 12.5. The molecule has 2 unspecified atom stereocenters. The SMILES string of the molecule is C=C=C(C(=O)OCC)C(O)CC(C)CCC=C(C)C. The fourth-order valence-corrected chi connectivity index (χ4v) is 1.81. The van der Waals surface area contributed by atoms with Gasteiger partial charge < -0.3 is 9.84 Å². The molecule has 0 saturated carbocycles. The summed E-state index contributed by atoms with van der Waals surface area (Å²) in [7, 11) is 0. The van der Waals surface area contributed by atoms with E-state index in [-0.39, 0.29) is 12.2 Å². The van der Waals surface area contributed by atoms with E-state index in [1.165, 1.54) is 5.57 Å². The number of aliphatic hydroxyl groups excluding tert-OH is 1. The van der Waals surface area contributed by atoms with Crippen molar-refractivity contribution in [1.29, 1.82) is 0 Å². The molecule has 0 spiro atoms. The van der Waals surface area contributed by atoms with Crippen LogP contribution in [0.4, 0.5) is 0 Å². The Balaban J connectivity index is 4.34. The minimum Gasteiger partial charge on any atom is -0.462 e. The standard InChI is InChI=1S/C16H26O3/c1-6-14(16(18)19-7-2)15(17)11-13(5)10-8-9-12(3)4/h9,13,15,17H,1,7-8,10-11H2,2-5H3. The van der Waals surface area contributed by atoms with Gasteiger partial charge in [0.2, 0.25) is 0 Å². The number of allylic oxidation sites excluding steroid dienone is 2. The molecule has 0 bridgehead atoms. The predicted molar refractivity (Wildman–Crippen MR) is 77.7 cm³/mol.